The molecule has 0 unspecified atom stereocenters. The van der Waals surface area contributed by atoms with Gasteiger partial charge in [0.25, 0.3) is 0 Å². The van der Waals surface area contributed by atoms with Crippen LogP contribution in [0.15, 0.2) is 12.1 Å². The summed E-state index contributed by atoms with van der Waals surface area (Å²) in [6, 6.07) is 3.55. The molecule has 1 rings (SSSR count). The van der Waals surface area contributed by atoms with Crippen molar-refractivity contribution in [3.63, 3.8) is 0 Å². The van der Waals surface area contributed by atoms with Gasteiger partial charge in [-0.25, -0.2) is 4.98 Å². The number of carbonyl (C=O) groups excluding carboxylic acids is 1. The molecule has 0 atom stereocenters. The molecule has 14 heavy (non-hydrogen) atoms. The molecule has 1 aromatic rings. The van der Waals surface area contributed by atoms with Crippen LogP contribution in [0.3, 0.4) is 0 Å². The lowest BCUT2D eigenvalue weighted by Crippen LogP contribution is -2.11. The van der Waals surface area contributed by atoms with E-state index in [2.05, 4.69) is 4.98 Å². The number of ether oxygens (including phenoxy) is 1. The fourth-order valence-electron chi connectivity index (χ4n) is 1.16. The molecule has 76 valence electrons. The molecule has 0 aliphatic carbocycles. The molecule has 0 aliphatic rings. The Morgan fingerprint density at radius 2 is 2.29 bits per heavy atom. The van der Waals surface area contributed by atoms with E-state index >= 15 is 0 Å². The van der Waals surface area contributed by atoms with Crippen molar-refractivity contribution in [2.75, 3.05) is 13.7 Å². The van der Waals surface area contributed by atoms with Crippen molar-refractivity contribution in [3.05, 3.63) is 23.5 Å². The topological polar surface area (TPSA) is 65.2 Å². The molecule has 0 radical (unpaired) electrons. The zero-order chi connectivity index (χ0) is 10.6. The Morgan fingerprint density at radius 3 is 2.86 bits per heavy atom. The van der Waals surface area contributed by atoms with Crippen LogP contribution in [0.5, 0.6) is 5.75 Å². The van der Waals surface area contributed by atoms with Crippen molar-refractivity contribution in [3.8, 4) is 5.75 Å². The Labute approximate surface area is 83.1 Å². The molecule has 0 spiro atoms. The Kier molecular flexibility index (Phi) is 3.59. The number of aromatic nitrogens is 1. The van der Waals surface area contributed by atoms with Crippen LogP contribution in [0, 0.1) is 6.92 Å². The molecule has 4 heteroatoms. The molecule has 1 aromatic heterocycles. The molecule has 0 aliphatic heterocycles. The smallest absolute Gasteiger partial charge is 0.186 e. The van der Waals surface area contributed by atoms with Crippen LogP contribution in [0.1, 0.15) is 22.6 Å². The summed E-state index contributed by atoms with van der Waals surface area (Å²) < 4.78 is 5.04. The standard InChI is InChI=1S/C10H14N2O2/c1-7-3-4-9(14-2)10(12-7)8(13)5-6-11/h3-4H,5-6,11H2,1-2H3. The van der Waals surface area contributed by atoms with Crippen LogP contribution in [-0.4, -0.2) is 24.4 Å². The van der Waals surface area contributed by atoms with Gasteiger partial charge < -0.3 is 10.5 Å². The largest absolute Gasteiger partial charge is 0.494 e. The molecular weight excluding hydrogens is 180 g/mol. The van der Waals surface area contributed by atoms with Gasteiger partial charge in [0.15, 0.2) is 5.78 Å². The van der Waals surface area contributed by atoms with Crippen LogP contribution in [-0.2, 0) is 0 Å². The molecule has 1 heterocycles. The number of nitrogens with zero attached hydrogens (tertiary/aromatic N) is 1. The van der Waals surface area contributed by atoms with Gasteiger partial charge in [0.1, 0.15) is 11.4 Å². The zero-order valence-corrected chi connectivity index (χ0v) is 8.41. The van der Waals surface area contributed by atoms with Crippen molar-refractivity contribution in [1.82, 2.24) is 4.98 Å². The van der Waals surface area contributed by atoms with E-state index in [4.69, 9.17) is 10.5 Å². The van der Waals surface area contributed by atoms with E-state index in [9.17, 15) is 4.79 Å². The van der Waals surface area contributed by atoms with Gasteiger partial charge in [0, 0.05) is 12.1 Å². The molecule has 0 bridgehead atoms. The molecule has 2 N–H and O–H groups in total. The van der Waals surface area contributed by atoms with Gasteiger partial charge in [-0.05, 0) is 25.6 Å². The van der Waals surface area contributed by atoms with E-state index in [1.165, 1.54) is 7.11 Å². The van der Waals surface area contributed by atoms with E-state index < -0.39 is 0 Å². The molecular formula is C10H14N2O2. The number of carbonyl (C=O) groups is 1. The van der Waals surface area contributed by atoms with E-state index in [1.54, 1.807) is 12.1 Å². The fourth-order valence-corrected chi connectivity index (χ4v) is 1.16. The second-order valence-corrected chi connectivity index (χ2v) is 2.97. The first-order valence-corrected chi connectivity index (χ1v) is 4.44. The second kappa shape index (κ2) is 4.72. The summed E-state index contributed by atoms with van der Waals surface area (Å²) in [4.78, 5) is 15.7. The predicted molar refractivity (Wildman–Crippen MR) is 53.5 cm³/mol. The lowest BCUT2D eigenvalue weighted by atomic mass is 10.1. The first-order valence-electron chi connectivity index (χ1n) is 4.44. The SMILES string of the molecule is COc1ccc(C)nc1C(=O)CCN. The average Bonchev–Trinajstić information content (AvgIpc) is 2.18. The van der Waals surface area contributed by atoms with Gasteiger partial charge >= 0.3 is 0 Å². The van der Waals surface area contributed by atoms with E-state index in [0.29, 0.717) is 24.4 Å². The van der Waals surface area contributed by atoms with Crippen LogP contribution in [0.25, 0.3) is 0 Å². The Morgan fingerprint density at radius 1 is 1.57 bits per heavy atom. The van der Waals surface area contributed by atoms with Gasteiger partial charge in [0.2, 0.25) is 0 Å². The maximum atomic E-state index is 11.6. The predicted octanol–water partition coefficient (Wildman–Crippen LogP) is 0.930. The summed E-state index contributed by atoms with van der Waals surface area (Å²) in [5.41, 5.74) is 6.48. The average molecular weight is 194 g/mol. The summed E-state index contributed by atoms with van der Waals surface area (Å²) in [6.07, 6.45) is 0.298. The lowest BCUT2D eigenvalue weighted by Gasteiger charge is -2.06. The quantitative estimate of drug-likeness (QED) is 0.724. The Bertz CT molecular complexity index is 337. The maximum absolute atomic E-state index is 11.6. The third-order valence-corrected chi connectivity index (χ3v) is 1.85. The minimum absolute atomic E-state index is 0.0759. The van der Waals surface area contributed by atoms with Gasteiger partial charge in [0.05, 0.1) is 7.11 Å². The molecule has 0 saturated heterocycles. The second-order valence-electron chi connectivity index (χ2n) is 2.97. The number of hydrogen-bond donors (Lipinski definition) is 1. The summed E-state index contributed by atoms with van der Waals surface area (Å²) in [6.45, 7) is 2.16. The van der Waals surface area contributed by atoms with Crippen molar-refractivity contribution in [2.45, 2.75) is 13.3 Å². The van der Waals surface area contributed by atoms with Crippen LogP contribution in [0.2, 0.25) is 0 Å². The molecule has 0 aromatic carbocycles. The fraction of sp³-hybridized carbons (Fsp3) is 0.400. The highest BCUT2D eigenvalue weighted by molar-refractivity contribution is 5.96. The summed E-state index contributed by atoms with van der Waals surface area (Å²) >= 11 is 0. The number of rotatable bonds is 4. The molecule has 0 fully saturated rings. The molecule has 0 saturated carbocycles. The van der Waals surface area contributed by atoms with E-state index in [1.807, 2.05) is 6.92 Å². The maximum Gasteiger partial charge on any atom is 0.186 e. The highest BCUT2D eigenvalue weighted by Gasteiger charge is 2.12. The number of nitrogens with two attached hydrogens (primary N) is 1. The van der Waals surface area contributed by atoms with Gasteiger partial charge in [-0.1, -0.05) is 0 Å². The van der Waals surface area contributed by atoms with E-state index in [0.717, 1.165) is 5.69 Å². The third-order valence-electron chi connectivity index (χ3n) is 1.85. The van der Waals surface area contributed by atoms with Gasteiger partial charge in [-0.3, -0.25) is 4.79 Å². The van der Waals surface area contributed by atoms with Gasteiger partial charge in [-0.2, -0.15) is 0 Å². The first kappa shape index (κ1) is 10.7. The first-order chi connectivity index (χ1) is 6.69. The van der Waals surface area contributed by atoms with Crippen LogP contribution in [0.4, 0.5) is 0 Å². The normalized spacial score (nSPS) is 9.93. The molecule has 4 nitrogen and oxygen atoms in total. The van der Waals surface area contributed by atoms with Crippen LogP contribution >= 0.6 is 0 Å². The lowest BCUT2D eigenvalue weighted by molar-refractivity contribution is 0.0977. The van der Waals surface area contributed by atoms with E-state index in [-0.39, 0.29) is 5.78 Å². The van der Waals surface area contributed by atoms with Crippen molar-refractivity contribution in [1.29, 1.82) is 0 Å². The number of aryl methyl sites for hydroxylation is 1. The Balaban J connectivity index is 3.03. The molecule has 0 amide bonds. The van der Waals surface area contributed by atoms with Crippen molar-refractivity contribution in [2.24, 2.45) is 5.73 Å². The van der Waals surface area contributed by atoms with Crippen molar-refractivity contribution >= 4 is 5.78 Å². The highest BCUT2D eigenvalue weighted by atomic mass is 16.5. The van der Waals surface area contributed by atoms with Gasteiger partial charge in [-0.15, -0.1) is 0 Å². The Hall–Kier alpha value is -1.42. The zero-order valence-electron chi connectivity index (χ0n) is 8.41. The number of hydrogen-bond acceptors (Lipinski definition) is 4. The number of ketones is 1. The summed E-state index contributed by atoms with van der Waals surface area (Å²) in [7, 11) is 1.52. The minimum atomic E-state index is -0.0759. The number of pyridine rings is 1. The van der Waals surface area contributed by atoms with Crippen molar-refractivity contribution < 1.29 is 9.53 Å². The summed E-state index contributed by atoms with van der Waals surface area (Å²) in [5.74, 6) is 0.433. The summed E-state index contributed by atoms with van der Waals surface area (Å²) in [5, 5.41) is 0. The minimum Gasteiger partial charge on any atom is -0.494 e. The number of methoxy groups -OCH3 is 1. The monoisotopic (exact) mass is 194 g/mol. The third kappa shape index (κ3) is 2.29. The number of Topliss-reactive ketones (excluding diaryl/α,β-unsaturated/α-hetero) is 1. The van der Waals surface area contributed by atoms with Crippen LogP contribution < -0.4 is 10.5 Å². The highest BCUT2D eigenvalue weighted by Crippen LogP contribution is 2.17.